The summed E-state index contributed by atoms with van der Waals surface area (Å²) in [5, 5.41) is 2.95. The molecule has 2 aromatic heterocycles. The number of nitrogens with one attached hydrogen (secondary N) is 1. The second-order valence-electron chi connectivity index (χ2n) is 5.90. The molecule has 1 aliphatic carbocycles. The van der Waals surface area contributed by atoms with Crippen molar-refractivity contribution in [3.8, 4) is 11.6 Å². The average Bonchev–Trinajstić information content (AvgIpc) is 3.15. The fourth-order valence-electron chi connectivity index (χ4n) is 2.72. The average molecular weight is 335 g/mol. The van der Waals surface area contributed by atoms with Crippen LogP contribution in [0.2, 0.25) is 0 Å². The van der Waals surface area contributed by atoms with E-state index in [0.717, 1.165) is 18.6 Å². The number of hydrogen-bond donors (Lipinski definition) is 1. The molecule has 25 heavy (non-hydrogen) atoms. The summed E-state index contributed by atoms with van der Waals surface area (Å²) in [6.07, 6.45) is 8.31. The molecule has 0 atom stereocenters. The Kier molecular flexibility index (Phi) is 4.12. The van der Waals surface area contributed by atoms with E-state index in [-0.39, 0.29) is 23.9 Å². The Labute approximate surface area is 144 Å². The van der Waals surface area contributed by atoms with E-state index in [1.54, 1.807) is 35.6 Å². The van der Waals surface area contributed by atoms with Gasteiger partial charge in [-0.05, 0) is 18.2 Å². The fraction of sp³-hybridized carbons (Fsp3) is 0.222. The zero-order valence-corrected chi connectivity index (χ0v) is 13.4. The third kappa shape index (κ3) is 3.50. The van der Waals surface area contributed by atoms with Crippen molar-refractivity contribution in [3.05, 3.63) is 67.1 Å². The molecule has 0 bridgehead atoms. The van der Waals surface area contributed by atoms with Gasteiger partial charge in [0, 0.05) is 37.5 Å². The Morgan fingerprint density at radius 1 is 1.16 bits per heavy atom. The van der Waals surface area contributed by atoms with E-state index in [9.17, 15) is 4.79 Å². The van der Waals surface area contributed by atoms with Crippen LogP contribution < -0.4 is 10.1 Å². The molecule has 0 radical (unpaired) electrons. The monoisotopic (exact) mass is 335 g/mol. The van der Waals surface area contributed by atoms with Crippen LogP contribution in [0.25, 0.3) is 5.82 Å². The number of carbonyl (C=O) groups excluding carboxylic acids is 1. The SMILES string of the molecule is O=C(N[C@H]1C[C@H](Oc2ccccc2)C1)c1nccc(-n2ccnc2)n1. The van der Waals surface area contributed by atoms with Crippen molar-refractivity contribution in [2.75, 3.05) is 0 Å². The summed E-state index contributed by atoms with van der Waals surface area (Å²) >= 11 is 0. The Morgan fingerprint density at radius 3 is 2.76 bits per heavy atom. The topological polar surface area (TPSA) is 81.9 Å². The highest BCUT2D eigenvalue weighted by Gasteiger charge is 2.32. The van der Waals surface area contributed by atoms with Gasteiger partial charge >= 0.3 is 0 Å². The number of nitrogens with zero attached hydrogens (tertiary/aromatic N) is 4. The summed E-state index contributed by atoms with van der Waals surface area (Å²) in [4.78, 5) is 24.6. The minimum Gasteiger partial charge on any atom is -0.490 e. The number of para-hydroxylation sites is 1. The molecule has 2 heterocycles. The van der Waals surface area contributed by atoms with E-state index in [0.29, 0.717) is 5.82 Å². The minimum absolute atomic E-state index is 0.0849. The molecular formula is C18H17N5O2. The van der Waals surface area contributed by atoms with Gasteiger partial charge in [-0.25, -0.2) is 15.0 Å². The van der Waals surface area contributed by atoms with E-state index < -0.39 is 0 Å². The molecule has 1 saturated carbocycles. The van der Waals surface area contributed by atoms with E-state index in [1.165, 1.54) is 0 Å². The van der Waals surface area contributed by atoms with Crippen LogP contribution in [-0.4, -0.2) is 37.6 Å². The van der Waals surface area contributed by atoms with Crippen LogP contribution in [-0.2, 0) is 0 Å². The first-order valence-corrected chi connectivity index (χ1v) is 8.12. The quantitative estimate of drug-likeness (QED) is 0.771. The van der Waals surface area contributed by atoms with Crippen LogP contribution in [0.1, 0.15) is 23.5 Å². The number of amides is 1. The van der Waals surface area contributed by atoms with Gasteiger partial charge in [0.15, 0.2) is 0 Å². The van der Waals surface area contributed by atoms with Gasteiger partial charge in [-0.15, -0.1) is 0 Å². The molecule has 0 unspecified atom stereocenters. The summed E-state index contributed by atoms with van der Waals surface area (Å²) in [6.45, 7) is 0. The third-order valence-electron chi connectivity index (χ3n) is 4.09. The lowest BCUT2D eigenvalue weighted by Gasteiger charge is -2.35. The summed E-state index contributed by atoms with van der Waals surface area (Å²) in [6, 6.07) is 11.5. The number of aromatic nitrogens is 4. The van der Waals surface area contributed by atoms with Gasteiger partial charge in [-0.2, -0.15) is 0 Å². The first kappa shape index (κ1) is 15.3. The van der Waals surface area contributed by atoms with Crippen molar-refractivity contribution >= 4 is 5.91 Å². The van der Waals surface area contributed by atoms with Gasteiger partial charge < -0.3 is 10.1 Å². The van der Waals surface area contributed by atoms with Crippen molar-refractivity contribution in [2.45, 2.75) is 25.0 Å². The predicted octanol–water partition coefficient (Wildman–Crippen LogP) is 2.00. The van der Waals surface area contributed by atoms with Crippen LogP contribution in [0, 0.1) is 0 Å². The third-order valence-corrected chi connectivity index (χ3v) is 4.09. The van der Waals surface area contributed by atoms with Crippen LogP contribution in [0.4, 0.5) is 0 Å². The summed E-state index contributed by atoms with van der Waals surface area (Å²) in [5.41, 5.74) is 0. The molecule has 0 spiro atoms. The zero-order valence-electron chi connectivity index (χ0n) is 13.4. The van der Waals surface area contributed by atoms with Gasteiger partial charge in [0.05, 0.1) is 0 Å². The zero-order chi connectivity index (χ0) is 17.1. The van der Waals surface area contributed by atoms with Crippen LogP contribution in [0.5, 0.6) is 5.75 Å². The molecule has 1 N–H and O–H groups in total. The Morgan fingerprint density at radius 2 is 2.00 bits per heavy atom. The van der Waals surface area contributed by atoms with Crippen molar-refractivity contribution < 1.29 is 9.53 Å². The Balaban J connectivity index is 1.32. The van der Waals surface area contributed by atoms with Gasteiger partial charge in [0.1, 0.15) is 24.0 Å². The van der Waals surface area contributed by atoms with Crippen molar-refractivity contribution in [2.24, 2.45) is 0 Å². The molecule has 7 nitrogen and oxygen atoms in total. The maximum Gasteiger partial charge on any atom is 0.289 e. The lowest BCUT2D eigenvalue weighted by atomic mass is 9.89. The van der Waals surface area contributed by atoms with Gasteiger partial charge in [0.2, 0.25) is 5.82 Å². The van der Waals surface area contributed by atoms with Crippen molar-refractivity contribution in [3.63, 3.8) is 0 Å². The number of rotatable bonds is 5. The van der Waals surface area contributed by atoms with E-state index in [4.69, 9.17) is 4.74 Å². The molecule has 7 heteroatoms. The van der Waals surface area contributed by atoms with Crippen LogP contribution >= 0.6 is 0 Å². The molecule has 4 rings (SSSR count). The molecule has 1 amide bonds. The van der Waals surface area contributed by atoms with E-state index in [1.807, 2.05) is 30.3 Å². The summed E-state index contributed by atoms with van der Waals surface area (Å²) in [5.74, 6) is 1.34. The van der Waals surface area contributed by atoms with Crippen LogP contribution in [0.15, 0.2) is 61.3 Å². The van der Waals surface area contributed by atoms with E-state index in [2.05, 4.69) is 20.3 Å². The molecule has 1 fully saturated rings. The van der Waals surface area contributed by atoms with Gasteiger partial charge in [-0.3, -0.25) is 9.36 Å². The maximum absolute atomic E-state index is 12.3. The maximum atomic E-state index is 12.3. The first-order valence-electron chi connectivity index (χ1n) is 8.12. The molecule has 126 valence electrons. The van der Waals surface area contributed by atoms with Crippen molar-refractivity contribution in [1.82, 2.24) is 24.8 Å². The summed E-state index contributed by atoms with van der Waals surface area (Å²) < 4.78 is 7.57. The van der Waals surface area contributed by atoms with E-state index >= 15 is 0 Å². The number of imidazole rings is 1. The molecule has 3 aromatic rings. The molecule has 0 saturated heterocycles. The van der Waals surface area contributed by atoms with Gasteiger partial charge in [-0.1, -0.05) is 18.2 Å². The Bertz CT molecular complexity index is 845. The highest BCUT2D eigenvalue weighted by molar-refractivity contribution is 5.90. The number of benzene rings is 1. The normalized spacial score (nSPS) is 19.0. The lowest BCUT2D eigenvalue weighted by molar-refractivity contribution is 0.0694. The van der Waals surface area contributed by atoms with Crippen molar-refractivity contribution in [1.29, 1.82) is 0 Å². The molecule has 1 aliphatic rings. The smallest absolute Gasteiger partial charge is 0.289 e. The predicted molar refractivity (Wildman–Crippen MR) is 90.5 cm³/mol. The fourth-order valence-corrected chi connectivity index (χ4v) is 2.72. The standard InChI is InChI=1S/C18H17N5O2/c24-18(17-20-7-6-16(22-17)23-9-8-19-12-23)21-13-10-15(11-13)25-14-4-2-1-3-5-14/h1-9,12-13,15H,10-11H2,(H,21,24)/t13-,15-. The molecular weight excluding hydrogens is 318 g/mol. The lowest BCUT2D eigenvalue weighted by Crippen LogP contribution is -2.49. The number of hydrogen-bond acceptors (Lipinski definition) is 5. The first-order chi connectivity index (χ1) is 12.3. The summed E-state index contributed by atoms with van der Waals surface area (Å²) in [7, 11) is 0. The highest BCUT2D eigenvalue weighted by Crippen LogP contribution is 2.25. The second kappa shape index (κ2) is 6.72. The largest absolute Gasteiger partial charge is 0.490 e. The number of ether oxygens (including phenoxy) is 1. The minimum atomic E-state index is -0.273. The number of carbonyl (C=O) groups is 1. The Hall–Kier alpha value is -3.22. The van der Waals surface area contributed by atoms with Gasteiger partial charge in [0.25, 0.3) is 5.91 Å². The second-order valence-corrected chi connectivity index (χ2v) is 5.90. The van der Waals surface area contributed by atoms with Crippen LogP contribution in [0.3, 0.4) is 0 Å². The molecule has 0 aliphatic heterocycles. The highest BCUT2D eigenvalue weighted by atomic mass is 16.5. The molecule has 1 aromatic carbocycles.